The molecule has 1 N–H and O–H groups in total. The normalized spacial score (nSPS) is 18.3. The van der Waals surface area contributed by atoms with Crippen LogP contribution in [-0.4, -0.2) is 14.7 Å². The molecule has 3 heterocycles. The van der Waals surface area contributed by atoms with Crippen molar-refractivity contribution in [2.75, 3.05) is 4.90 Å². The zero-order chi connectivity index (χ0) is 21.4. The quantitative estimate of drug-likeness (QED) is 0.435. The van der Waals surface area contributed by atoms with E-state index in [1.165, 1.54) is 17.7 Å². The van der Waals surface area contributed by atoms with Crippen LogP contribution in [0, 0.1) is 12.7 Å². The molecule has 0 bridgehead atoms. The summed E-state index contributed by atoms with van der Waals surface area (Å²) in [5.74, 6) is -0.275. The molecule has 1 saturated heterocycles. The first-order chi connectivity index (χ1) is 15.1. The third kappa shape index (κ3) is 3.49. The molecule has 31 heavy (non-hydrogen) atoms. The number of benzene rings is 2. The number of halogens is 1. The van der Waals surface area contributed by atoms with E-state index in [9.17, 15) is 4.39 Å². The van der Waals surface area contributed by atoms with Crippen molar-refractivity contribution >= 4 is 23.0 Å². The topological polar surface area (TPSA) is 33.1 Å². The molecule has 154 valence electrons. The van der Waals surface area contributed by atoms with Crippen LogP contribution in [0.15, 0.2) is 91.3 Å². The van der Waals surface area contributed by atoms with Crippen LogP contribution in [0.2, 0.25) is 0 Å². The van der Waals surface area contributed by atoms with Crippen molar-refractivity contribution in [3.8, 4) is 5.69 Å². The van der Waals surface area contributed by atoms with Gasteiger partial charge in [-0.3, -0.25) is 4.98 Å². The lowest BCUT2D eigenvalue weighted by Gasteiger charge is -2.29. The fourth-order valence-electron chi connectivity index (χ4n) is 4.22. The molecule has 0 saturated carbocycles. The third-order valence-electron chi connectivity index (χ3n) is 5.66. The number of pyridine rings is 1. The van der Waals surface area contributed by atoms with Gasteiger partial charge in [-0.05, 0) is 79.3 Å². The second-order valence-corrected chi connectivity index (χ2v) is 7.95. The Bertz CT molecular complexity index is 1220. The molecule has 0 radical (unpaired) electrons. The van der Waals surface area contributed by atoms with Crippen molar-refractivity contribution in [3.63, 3.8) is 0 Å². The van der Waals surface area contributed by atoms with E-state index in [4.69, 9.17) is 12.2 Å². The number of thiocarbonyl (C=S) groups is 1. The molecule has 0 aliphatic carbocycles. The van der Waals surface area contributed by atoms with Crippen molar-refractivity contribution in [1.29, 1.82) is 0 Å². The van der Waals surface area contributed by atoms with Crippen LogP contribution in [0.5, 0.6) is 0 Å². The van der Waals surface area contributed by atoms with Crippen molar-refractivity contribution < 1.29 is 4.39 Å². The van der Waals surface area contributed by atoms with E-state index in [2.05, 4.69) is 51.1 Å². The first kappa shape index (κ1) is 19.5. The Kier molecular flexibility index (Phi) is 5.00. The second kappa shape index (κ2) is 7.96. The lowest BCUT2D eigenvalue weighted by atomic mass is 10.0. The molecule has 1 fully saturated rings. The van der Waals surface area contributed by atoms with Gasteiger partial charge in [0.1, 0.15) is 11.9 Å². The van der Waals surface area contributed by atoms with E-state index < -0.39 is 0 Å². The molecule has 4 nitrogen and oxygen atoms in total. The average Bonchev–Trinajstić information content (AvgIpc) is 3.39. The van der Waals surface area contributed by atoms with E-state index in [1.807, 2.05) is 36.4 Å². The second-order valence-electron chi connectivity index (χ2n) is 7.56. The largest absolute Gasteiger partial charge is 0.351 e. The number of hydrogen-bond acceptors (Lipinski definition) is 2. The lowest BCUT2D eigenvalue weighted by Crippen LogP contribution is -2.30. The minimum atomic E-state index is -0.275. The van der Waals surface area contributed by atoms with E-state index >= 15 is 0 Å². The Morgan fingerprint density at radius 2 is 1.71 bits per heavy atom. The van der Waals surface area contributed by atoms with Crippen molar-refractivity contribution in [3.05, 3.63) is 114 Å². The SMILES string of the molecule is Cc1ccccc1-n1cccc1C1C(c2ccccn2)NC(=S)N1c1ccc(F)cc1. The highest BCUT2D eigenvalue weighted by molar-refractivity contribution is 7.80. The summed E-state index contributed by atoms with van der Waals surface area (Å²) in [5, 5.41) is 4.04. The van der Waals surface area contributed by atoms with Gasteiger partial charge in [0, 0.05) is 29.5 Å². The maximum Gasteiger partial charge on any atom is 0.174 e. The summed E-state index contributed by atoms with van der Waals surface area (Å²) >= 11 is 5.75. The van der Waals surface area contributed by atoms with E-state index in [0.717, 1.165) is 22.8 Å². The summed E-state index contributed by atoms with van der Waals surface area (Å²) in [6.07, 6.45) is 3.86. The highest BCUT2D eigenvalue weighted by Crippen LogP contribution is 2.42. The number of aromatic nitrogens is 2. The molecule has 1 aliphatic heterocycles. The smallest absolute Gasteiger partial charge is 0.174 e. The Morgan fingerprint density at radius 1 is 0.935 bits per heavy atom. The number of nitrogens with one attached hydrogen (secondary N) is 1. The Hall–Kier alpha value is -3.51. The number of hydrogen-bond donors (Lipinski definition) is 1. The Balaban J connectivity index is 1.68. The minimum Gasteiger partial charge on any atom is -0.351 e. The summed E-state index contributed by atoms with van der Waals surface area (Å²) in [4.78, 5) is 6.65. The van der Waals surface area contributed by atoms with E-state index in [1.54, 1.807) is 18.3 Å². The van der Waals surface area contributed by atoms with Crippen molar-refractivity contribution in [1.82, 2.24) is 14.9 Å². The maximum absolute atomic E-state index is 13.6. The molecule has 0 amide bonds. The molecule has 5 rings (SSSR count). The van der Waals surface area contributed by atoms with Crippen LogP contribution in [0.4, 0.5) is 10.1 Å². The van der Waals surface area contributed by atoms with Gasteiger partial charge in [0.15, 0.2) is 5.11 Å². The van der Waals surface area contributed by atoms with Gasteiger partial charge in [-0.25, -0.2) is 4.39 Å². The summed E-state index contributed by atoms with van der Waals surface area (Å²) in [5.41, 5.74) is 5.09. The van der Waals surface area contributed by atoms with E-state index in [0.29, 0.717) is 5.11 Å². The maximum atomic E-state index is 13.6. The predicted octanol–water partition coefficient (Wildman–Crippen LogP) is 5.50. The van der Waals surface area contributed by atoms with Gasteiger partial charge in [-0.2, -0.15) is 0 Å². The molecular weight excluding hydrogens is 407 g/mol. The van der Waals surface area contributed by atoms with Crippen LogP contribution in [0.3, 0.4) is 0 Å². The van der Waals surface area contributed by atoms with Gasteiger partial charge in [-0.15, -0.1) is 0 Å². The van der Waals surface area contributed by atoms with Crippen LogP contribution < -0.4 is 10.2 Å². The highest BCUT2D eigenvalue weighted by atomic mass is 32.1. The predicted molar refractivity (Wildman–Crippen MR) is 125 cm³/mol. The van der Waals surface area contributed by atoms with Gasteiger partial charge in [0.2, 0.25) is 0 Å². The summed E-state index contributed by atoms with van der Waals surface area (Å²) in [6.45, 7) is 2.10. The zero-order valence-corrected chi connectivity index (χ0v) is 17.8. The molecule has 2 aromatic heterocycles. The summed E-state index contributed by atoms with van der Waals surface area (Å²) in [7, 11) is 0. The Morgan fingerprint density at radius 3 is 2.45 bits per heavy atom. The molecule has 2 unspecified atom stereocenters. The number of rotatable bonds is 4. The van der Waals surface area contributed by atoms with Crippen LogP contribution in [0.25, 0.3) is 5.69 Å². The number of anilines is 1. The first-order valence-electron chi connectivity index (χ1n) is 10.1. The Labute approximate surface area is 186 Å². The number of aryl methyl sites for hydroxylation is 1. The van der Waals surface area contributed by atoms with Gasteiger partial charge in [-0.1, -0.05) is 24.3 Å². The average molecular weight is 429 g/mol. The molecule has 4 aromatic rings. The standard InChI is InChI=1S/C25H21FN4S/c1-17-7-2-3-9-21(17)29-16-6-10-22(29)24-23(20-8-4-5-15-27-20)28-25(31)30(24)19-13-11-18(26)12-14-19/h2-16,23-24H,1H3,(H,28,31). The zero-order valence-electron chi connectivity index (χ0n) is 16.9. The van der Waals surface area contributed by atoms with Gasteiger partial charge in [0.05, 0.1) is 11.7 Å². The fourth-order valence-corrected chi connectivity index (χ4v) is 4.57. The van der Waals surface area contributed by atoms with Crippen LogP contribution >= 0.6 is 12.2 Å². The van der Waals surface area contributed by atoms with Crippen molar-refractivity contribution in [2.45, 2.75) is 19.0 Å². The molecule has 2 aromatic carbocycles. The van der Waals surface area contributed by atoms with Crippen molar-refractivity contribution in [2.24, 2.45) is 0 Å². The summed E-state index contributed by atoms with van der Waals surface area (Å²) in [6, 6.07) is 24.4. The molecule has 2 atom stereocenters. The van der Waals surface area contributed by atoms with Crippen LogP contribution in [0.1, 0.15) is 29.0 Å². The molecule has 1 aliphatic rings. The monoisotopic (exact) mass is 428 g/mol. The number of nitrogens with zero attached hydrogens (tertiary/aromatic N) is 3. The van der Waals surface area contributed by atoms with Gasteiger partial charge in [0.25, 0.3) is 0 Å². The van der Waals surface area contributed by atoms with Gasteiger partial charge < -0.3 is 14.8 Å². The van der Waals surface area contributed by atoms with E-state index in [-0.39, 0.29) is 17.9 Å². The lowest BCUT2D eigenvalue weighted by molar-refractivity contribution is 0.549. The number of para-hydroxylation sites is 1. The van der Waals surface area contributed by atoms with Crippen LogP contribution in [-0.2, 0) is 0 Å². The molecular formula is C25H21FN4S. The first-order valence-corrected chi connectivity index (χ1v) is 10.5. The fraction of sp³-hybridized carbons (Fsp3) is 0.120. The minimum absolute atomic E-state index is 0.156. The molecule has 6 heteroatoms. The highest BCUT2D eigenvalue weighted by Gasteiger charge is 2.42. The molecule has 0 spiro atoms. The third-order valence-corrected chi connectivity index (χ3v) is 5.98. The summed E-state index contributed by atoms with van der Waals surface area (Å²) < 4.78 is 15.8. The van der Waals surface area contributed by atoms with Gasteiger partial charge >= 0.3 is 0 Å².